The van der Waals surface area contributed by atoms with Crippen LogP contribution in [0.2, 0.25) is 5.02 Å². The smallest absolute Gasteiger partial charge is 0.410 e. The van der Waals surface area contributed by atoms with E-state index in [9.17, 15) is 4.79 Å². The van der Waals surface area contributed by atoms with Crippen molar-refractivity contribution in [3.63, 3.8) is 0 Å². The molecule has 0 radical (unpaired) electrons. The minimum absolute atomic E-state index is 0.219. The molecule has 1 fully saturated rings. The monoisotopic (exact) mass is 281 g/mol. The van der Waals surface area contributed by atoms with E-state index >= 15 is 0 Å². The highest BCUT2D eigenvalue weighted by Gasteiger charge is 2.30. The molecule has 1 aromatic rings. The number of carbonyl (C=O) groups excluding carboxylic acids is 1. The lowest BCUT2D eigenvalue weighted by atomic mass is 9.99. The summed E-state index contributed by atoms with van der Waals surface area (Å²) in [5.41, 5.74) is 0.797. The van der Waals surface area contributed by atoms with E-state index in [4.69, 9.17) is 16.3 Å². The summed E-state index contributed by atoms with van der Waals surface area (Å²) in [5, 5.41) is 0.741. The summed E-state index contributed by atoms with van der Waals surface area (Å²) in [5.74, 6) is 0.379. The van der Waals surface area contributed by atoms with Crippen molar-refractivity contribution in [1.82, 2.24) is 4.90 Å². The predicted octanol–water partition coefficient (Wildman–Crippen LogP) is 4.06. The highest BCUT2D eigenvalue weighted by molar-refractivity contribution is 6.30. The van der Waals surface area contributed by atoms with Crippen molar-refractivity contribution >= 4 is 17.7 Å². The van der Waals surface area contributed by atoms with E-state index in [0.717, 1.165) is 24.5 Å². The van der Waals surface area contributed by atoms with Crippen molar-refractivity contribution in [3.8, 4) is 0 Å². The lowest BCUT2D eigenvalue weighted by molar-refractivity contribution is 0.0292. The van der Waals surface area contributed by atoms with Gasteiger partial charge in [0.2, 0.25) is 0 Å². The van der Waals surface area contributed by atoms with Crippen molar-refractivity contribution < 1.29 is 9.53 Å². The van der Waals surface area contributed by atoms with Gasteiger partial charge in [0.25, 0.3) is 0 Å². The zero-order valence-corrected chi connectivity index (χ0v) is 12.4. The standard InChI is InChI=1S/C15H20ClNO2/c1-15(2,3)19-14(18)17-9-8-12(10-17)11-4-6-13(16)7-5-11/h4-7,12H,8-10H2,1-3H3/t12-/m0/s1. The van der Waals surface area contributed by atoms with Crippen LogP contribution in [0, 0.1) is 0 Å². The van der Waals surface area contributed by atoms with E-state index in [2.05, 4.69) is 0 Å². The van der Waals surface area contributed by atoms with Crippen LogP contribution in [0.1, 0.15) is 38.7 Å². The summed E-state index contributed by atoms with van der Waals surface area (Å²) in [6.07, 6.45) is 0.755. The zero-order valence-electron chi connectivity index (χ0n) is 11.6. The van der Waals surface area contributed by atoms with Gasteiger partial charge in [-0.25, -0.2) is 4.79 Å². The van der Waals surface area contributed by atoms with Gasteiger partial charge in [0, 0.05) is 24.0 Å². The molecule has 1 aromatic carbocycles. The van der Waals surface area contributed by atoms with Crippen LogP contribution in [0.15, 0.2) is 24.3 Å². The van der Waals surface area contributed by atoms with Crippen molar-refractivity contribution in [2.45, 2.75) is 38.7 Å². The van der Waals surface area contributed by atoms with Gasteiger partial charge in [0.05, 0.1) is 0 Å². The van der Waals surface area contributed by atoms with Crippen molar-refractivity contribution in [1.29, 1.82) is 0 Å². The van der Waals surface area contributed by atoms with Gasteiger partial charge in [-0.15, -0.1) is 0 Å². The maximum absolute atomic E-state index is 12.0. The molecule has 0 unspecified atom stereocenters. The number of ether oxygens (including phenoxy) is 1. The predicted molar refractivity (Wildman–Crippen MR) is 76.6 cm³/mol. The second-order valence-electron chi connectivity index (χ2n) is 5.96. The van der Waals surface area contributed by atoms with Gasteiger partial charge in [0.1, 0.15) is 5.60 Å². The maximum atomic E-state index is 12.0. The molecule has 1 saturated heterocycles. The van der Waals surface area contributed by atoms with Gasteiger partial charge in [0.15, 0.2) is 0 Å². The fraction of sp³-hybridized carbons (Fsp3) is 0.533. The topological polar surface area (TPSA) is 29.5 Å². The van der Waals surface area contributed by atoms with Crippen LogP contribution in [0.5, 0.6) is 0 Å². The third kappa shape index (κ3) is 3.87. The Morgan fingerprint density at radius 3 is 2.53 bits per heavy atom. The quantitative estimate of drug-likeness (QED) is 0.777. The molecular formula is C15H20ClNO2. The van der Waals surface area contributed by atoms with Crippen molar-refractivity contribution in [2.75, 3.05) is 13.1 Å². The Labute approximate surface area is 119 Å². The highest BCUT2D eigenvalue weighted by atomic mass is 35.5. The second kappa shape index (κ2) is 5.41. The molecule has 3 nitrogen and oxygen atoms in total. The maximum Gasteiger partial charge on any atom is 0.410 e. The molecule has 1 heterocycles. The highest BCUT2D eigenvalue weighted by Crippen LogP contribution is 2.28. The Bertz CT molecular complexity index is 450. The third-order valence-electron chi connectivity index (χ3n) is 3.18. The molecule has 0 aromatic heterocycles. The number of halogens is 1. The summed E-state index contributed by atoms with van der Waals surface area (Å²) >= 11 is 5.89. The molecule has 104 valence electrons. The molecule has 0 spiro atoms. The molecule has 4 heteroatoms. The van der Waals surface area contributed by atoms with E-state index < -0.39 is 5.60 Å². The number of likely N-dealkylation sites (tertiary alicyclic amines) is 1. The van der Waals surface area contributed by atoms with Gasteiger partial charge >= 0.3 is 6.09 Å². The average molecular weight is 282 g/mol. The van der Waals surface area contributed by atoms with E-state index in [0.29, 0.717) is 5.92 Å². The molecule has 0 aliphatic carbocycles. The lowest BCUT2D eigenvalue weighted by Crippen LogP contribution is -2.35. The largest absolute Gasteiger partial charge is 0.444 e. The Hall–Kier alpha value is -1.22. The number of hydrogen-bond donors (Lipinski definition) is 0. The molecule has 0 saturated carbocycles. The Balaban J connectivity index is 1.96. The first-order valence-corrected chi connectivity index (χ1v) is 6.96. The number of hydrogen-bond acceptors (Lipinski definition) is 2. The van der Waals surface area contributed by atoms with Gasteiger partial charge in [-0.3, -0.25) is 0 Å². The average Bonchev–Trinajstić information content (AvgIpc) is 2.77. The van der Waals surface area contributed by atoms with Crippen LogP contribution < -0.4 is 0 Å². The van der Waals surface area contributed by atoms with Crippen molar-refractivity contribution in [3.05, 3.63) is 34.9 Å². The Morgan fingerprint density at radius 2 is 1.95 bits per heavy atom. The minimum atomic E-state index is -0.435. The molecule has 1 aliphatic heterocycles. The van der Waals surface area contributed by atoms with Crippen molar-refractivity contribution in [2.24, 2.45) is 0 Å². The van der Waals surface area contributed by atoms with Crippen LogP contribution >= 0.6 is 11.6 Å². The summed E-state index contributed by atoms with van der Waals surface area (Å²) in [6, 6.07) is 7.86. The van der Waals surface area contributed by atoms with Gasteiger partial charge in [-0.2, -0.15) is 0 Å². The Kier molecular flexibility index (Phi) is 4.04. The third-order valence-corrected chi connectivity index (χ3v) is 3.43. The SMILES string of the molecule is CC(C)(C)OC(=O)N1CC[C@H](c2ccc(Cl)cc2)C1. The van der Waals surface area contributed by atoms with Crippen LogP contribution in [-0.4, -0.2) is 29.7 Å². The molecule has 1 aliphatic rings. The summed E-state index contributed by atoms with van der Waals surface area (Å²) in [7, 11) is 0. The number of carbonyl (C=O) groups is 1. The first kappa shape index (κ1) is 14.2. The second-order valence-corrected chi connectivity index (χ2v) is 6.40. The van der Waals surface area contributed by atoms with Gasteiger partial charge in [-0.1, -0.05) is 23.7 Å². The van der Waals surface area contributed by atoms with E-state index in [1.807, 2.05) is 45.0 Å². The van der Waals surface area contributed by atoms with E-state index in [-0.39, 0.29) is 6.09 Å². The van der Waals surface area contributed by atoms with Gasteiger partial charge in [-0.05, 0) is 44.9 Å². The first-order valence-electron chi connectivity index (χ1n) is 6.58. The Morgan fingerprint density at radius 1 is 1.32 bits per heavy atom. The summed E-state index contributed by atoms with van der Waals surface area (Å²) in [6.45, 7) is 7.13. The van der Waals surface area contributed by atoms with Gasteiger partial charge < -0.3 is 9.64 Å². The lowest BCUT2D eigenvalue weighted by Gasteiger charge is -2.24. The fourth-order valence-corrected chi connectivity index (χ4v) is 2.39. The molecule has 1 amide bonds. The molecule has 0 N–H and O–H groups in total. The minimum Gasteiger partial charge on any atom is -0.444 e. The zero-order chi connectivity index (χ0) is 14.0. The summed E-state index contributed by atoms with van der Waals surface area (Å²) in [4.78, 5) is 13.8. The van der Waals surface area contributed by atoms with Crippen LogP contribution in [0.25, 0.3) is 0 Å². The number of amides is 1. The first-order chi connectivity index (χ1) is 8.85. The van der Waals surface area contributed by atoms with E-state index in [1.54, 1.807) is 4.90 Å². The number of rotatable bonds is 1. The number of nitrogens with zero attached hydrogens (tertiary/aromatic N) is 1. The van der Waals surface area contributed by atoms with E-state index in [1.165, 1.54) is 5.56 Å². The molecule has 1 atom stereocenters. The van der Waals surface area contributed by atoms with Crippen LogP contribution in [0.3, 0.4) is 0 Å². The molecule has 2 rings (SSSR count). The van der Waals surface area contributed by atoms with Crippen LogP contribution in [0.4, 0.5) is 4.79 Å². The molecule has 0 bridgehead atoms. The normalized spacial score (nSPS) is 19.6. The molecular weight excluding hydrogens is 262 g/mol. The summed E-state index contributed by atoms with van der Waals surface area (Å²) < 4.78 is 5.39. The number of benzene rings is 1. The molecule has 19 heavy (non-hydrogen) atoms. The fourth-order valence-electron chi connectivity index (χ4n) is 2.26. The van der Waals surface area contributed by atoms with Crippen LogP contribution in [-0.2, 0) is 4.74 Å².